The van der Waals surface area contributed by atoms with Crippen LogP contribution in [0.5, 0.6) is 0 Å². The molecule has 0 saturated heterocycles. The van der Waals surface area contributed by atoms with Crippen LogP contribution in [0.2, 0.25) is 0 Å². The van der Waals surface area contributed by atoms with Gasteiger partial charge < -0.3 is 10.6 Å². The summed E-state index contributed by atoms with van der Waals surface area (Å²) >= 11 is 0. The number of rotatable bonds is 5. The van der Waals surface area contributed by atoms with Crippen molar-refractivity contribution in [3.05, 3.63) is 11.8 Å². The standard InChI is InChI=1S/C11H18N4O/c1-2-3-6-15(8-4-5-8)11(16)9-7-13-14-10(9)12/h7-8H,2-6H2,1H3,(H3,12,13,14). The highest BCUT2D eigenvalue weighted by Gasteiger charge is 2.33. The maximum atomic E-state index is 12.2. The lowest BCUT2D eigenvalue weighted by atomic mass is 10.2. The summed E-state index contributed by atoms with van der Waals surface area (Å²) in [6, 6.07) is 0.424. The number of anilines is 1. The number of aromatic amines is 1. The average Bonchev–Trinajstić information content (AvgIpc) is 3.01. The van der Waals surface area contributed by atoms with Gasteiger partial charge in [-0.1, -0.05) is 13.3 Å². The van der Waals surface area contributed by atoms with Gasteiger partial charge in [-0.3, -0.25) is 9.89 Å². The predicted molar refractivity (Wildman–Crippen MR) is 62.0 cm³/mol. The largest absolute Gasteiger partial charge is 0.383 e. The highest BCUT2D eigenvalue weighted by atomic mass is 16.2. The van der Waals surface area contributed by atoms with Gasteiger partial charge in [0.15, 0.2) is 0 Å². The number of aromatic nitrogens is 2. The summed E-state index contributed by atoms with van der Waals surface area (Å²) in [6.45, 7) is 2.95. The van der Waals surface area contributed by atoms with Crippen LogP contribution in [0.3, 0.4) is 0 Å². The second kappa shape index (κ2) is 4.55. The molecule has 1 amide bonds. The summed E-state index contributed by atoms with van der Waals surface area (Å²) in [5.74, 6) is 0.384. The van der Waals surface area contributed by atoms with Crippen LogP contribution in [0.25, 0.3) is 0 Å². The molecule has 0 spiro atoms. The molecule has 2 rings (SSSR count). The molecular formula is C11H18N4O. The fourth-order valence-electron chi connectivity index (χ4n) is 1.79. The molecule has 1 aromatic heterocycles. The molecule has 1 aliphatic rings. The highest BCUT2D eigenvalue weighted by molar-refractivity contribution is 5.98. The third kappa shape index (κ3) is 2.18. The molecule has 5 heteroatoms. The number of H-pyrrole nitrogens is 1. The normalized spacial score (nSPS) is 15.1. The number of amides is 1. The van der Waals surface area contributed by atoms with Crippen LogP contribution in [-0.2, 0) is 0 Å². The Hall–Kier alpha value is -1.52. The van der Waals surface area contributed by atoms with Crippen molar-refractivity contribution in [2.75, 3.05) is 12.3 Å². The molecule has 0 aromatic carbocycles. The number of carbonyl (C=O) groups excluding carboxylic acids is 1. The van der Waals surface area contributed by atoms with Crippen molar-refractivity contribution in [1.82, 2.24) is 15.1 Å². The number of nitrogen functional groups attached to an aromatic ring is 1. The monoisotopic (exact) mass is 222 g/mol. The molecule has 1 saturated carbocycles. The molecule has 1 aliphatic carbocycles. The van der Waals surface area contributed by atoms with E-state index in [1.54, 1.807) is 0 Å². The van der Waals surface area contributed by atoms with Gasteiger partial charge in [-0.25, -0.2) is 0 Å². The summed E-state index contributed by atoms with van der Waals surface area (Å²) in [5, 5.41) is 6.39. The summed E-state index contributed by atoms with van der Waals surface area (Å²) in [6.07, 6.45) is 5.89. The first-order valence-corrected chi connectivity index (χ1v) is 5.83. The number of hydrogen-bond donors (Lipinski definition) is 2. The van der Waals surface area contributed by atoms with E-state index in [1.165, 1.54) is 6.20 Å². The quantitative estimate of drug-likeness (QED) is 0.790. The second-order valence-corrected chi connectivity index (χ2v) is 4.28. The van der Waals surface area contributed by atoms with E-state index in [4.69, 9.17) is 5.73 Å². The summed E-state index contributed by atoms with van der Waals surface area (Å²) in [4.78, 5) is 14.1. The third-order valence-corrected chi connectivity index (χ3v) is 2.90. The maximum Gasteiger partial charge on any atom is 0.259 e. The predicted octanol–water partition coefficient (Wildman–Crippen LogP) is 1.40. The smallest absolute Gasteiger partial charge is 0.259 e. The lowest BCUT2D eigenvalue weighted by Crippen LogP contribution is -2.34. The van der Waals surface area contributed by atoms with Gasteiger partial charge in [0, 0.05) is 12.6 Å². The van der Waals surface area contributed by atoms with Crippen molar-refractivity contribution < 1.29 is 4.79 Å². The maximum absolute atomic E-state index is 12.2. The minimum Gasteiger partial charge on any atom is -0.383 e. The van der Waals surface area contributed by atoms with Crippen LogP contribution in [0.1, 0.15) is 43.0 Å². The van der Waals surface area contributed by atoms with Gasteiger partial charge in [0.1, 0.15) is 11.4 Å². The van der Waals surface area contributed by atoms with E-state index < -0.39 is 0 Å². The van der Waals surface area contributed by atoms with Crippen LogP contribution in [0, 0.1) is 0 Å². The minimum atomic E-state index is 0.0159. The Morgan fingerprint density at radius 3 is 2.94 bits per heavy atom. The Balaban J connectivity index is 2.08. The Kier molecular flexibility index (Phi) is 3.12. The molecule has 0 unspecified atom stereocenters. The molecular weight excluding hydrogens is 204 g/mol. The van der Waals surface area contributed by atoms with Gasteiger partial charge in [-0.15, -0.1) is 0 Å². The number of nitrogens with one attached hydrogen (secondary N) is 1. The van der Waals surface area contributed by atoms with Crippen LogP contribution in [-0.4, -0.2) is 33.6 Å². The van der Waals surface area contributed by atoms with E-state index in [2.05, 4.69) is 17.1 Å². The van der Waals surface area contributed by atoms with Crippen LogP contribution < -0.4 is 5.73 Å². The average molecular weight is 222 g/mol. The number of nitrogens with two attached hydrogens (primary N) is 1. The van der Waals surface area contributed by atoms with E-state index in [1.807, 2.05) is 4.90 Å². The summed E-state index contributed by atoms with van der Waals surface area (Å²) in [7, 11) is 0. The number of hydrogen-bond acceptors (Lipinski definition) is 3. The van der Waals surface area contributed by atoms with Crippen LogP contribution in [0.15, 0.2) is 6.20 Å². The zero-order valence-electron chi connectivity index (χ0n) is 9.57. The molecule has 1 fully saturated rings. The lowest BCUT2D eigenvalue weighted by molar-refractivity contribution is 0.0742. The molecule has 3 N–H and O–H groups in total. The van der Waals surface area contributed by atoms with Gasteiger partial charge in [0.25, 0.3) is 5.91 Å². The molecule has 1 aromatic rings. The number of carbonyl (C=O) groups is 1. The van der Waals surface area contributed by atoms with E-state index in [0.717, 1.165) is 32.2 Å². The van der Waals surface area contributed by atoms with Gasteiger partial charge in [-0.2, -0.15) is 5.10 Å². The Labute approximate surface area is 95.0 Å². The lowest BCUT2D eigenvalue weighted by Gasteiger charge is -2.21. The molecule has 0 radical (unpaired) electrons. The third-order valence-electron chi connectivity index (χ3n) is 2.90. The molecule has 88 valence electrons. The molecule has 0 aliphatic heterocycles. The molecule has 1 heterocycles. The Bertz CT molecular complexity index is 370. The zero-order chi connectivity index (χ0) is 11.5. The minimum absolute atomic E-state index is 0.0159. The Morgan fingerprint density at radius 1 is 1.69 bits per heavy atom. The zero-order valence-corrected chi connectivity index (χ0v) is 9.57. The van der Waals surface area contributed by atoms with E-state index >= 15 is 0 Å². The van der Waals surface area contributed by atoms with Crippen LogP contribution in [0.4, 0.5) is 5.82 Å². The van der Waals surface area contributed by atoms with Crippen molar-refractivity contribution in [1.29, 1.82) is 0 Å². The summed E-state index contributed by atoms with van der Waals surface area (Å²) in [5.41, 5.74) is 6.17. The Morgan fingerprint density at radius 2 is 2.44 bits per heavy atom. The summed E-state index contributed by atoms with van der Waals surface area (Å²) < 4.78 is 0. The fraction of sp³-hybridized carbons (Fsp3) is 0.636. The van der Waals surface area contributed by atoms with Crippen molar-refractivity contribution in [2.45, 2.75) is 38.6 Å². The van der Waals surface area contributed by atoms with E-state index in [9.17, 15) is 4.79 Å². The number of nitrogens with zero attached hydrogens (tertiary/aromatic N) is 2. The van der Waals surface area contributed by atoms with Gasteiger partial charge in [-0.05, 0) is 19.3 Å². The topological polar surface area (TPSA) is 75.0 Å². The first-order chi connectivity index (χ1) is 7.74. The highest BCUT2D eigenvalue weighted by Crippen LogP contribution is 2.29. The number of unbranched alkanes of at least 4 members (excludes halogenated alkanes) is 1. The first kappa shape index (κ1) is 11.0. The van der Waals surface area contributed by atoms with Crippen molar-refractivity contribution in [2.24, 2.45) is 0 Å². The fourth-order valence-corrected chi connectivity index (χ4v) is 1.79. The van der Waals surface area contributed by atoms with Crippen molar-refractivity contribution in [3.63, 3.8) is 0 Å². The molecule has 5 nitrogen and oxygen atoms in total. The molecule has 0 bridgehead atoms. The van der Waals surface area contributed by atoms with Crippen LogP contribution >= 0.6 is 0 Å². The van der Waals surface area contributed by atoms with E-state index in [-0.39, 0.29) is 5.91 Å². The first-order valence-electron chi connectivity index (χ1n) is 5.83. The second-order valence-electron chi connectivity index (χ2n) is 4.28. The van der Waals surface area contributed by atoms with Crippen molar-refractivity contribution in [3.8, 4) is 0 Å². The van der Waals surface area contributed by atoms with E-state index in [0.29, 0.717) is 17.4 Å². The molecule has 0 atom stereocenters. The van der Waals surface area contributed by atoms with Crippen molar-refractivity contribution >= 4 is 11.7 Å². The van der Waals surface area contributed by atoms with Gasteiger partial charge in [0.2, 0.25) is 0 Å². The van der Waals surface area contributed by atoms with Gasteiger partial charge in [0.05, 0.1) is 6.20 Å². The molecule has 16 heavy (non-hydrogen) atoms. The van der Waals surface area contributed by atoms with Gasteiger partial charge >= 0.3 is 0 Å². The SMILES string of the molecule is CCCCN(C(=O)c1cn[nH]c1N)C1CC1.